The summed E-state index contributed by atoms with van der Waals surface area (Å²) in [4.78, 5) is 14.2. The standard InChI is InChI=1S/C17H35N3O/c1-20(2)16(15-10-6-5-7-11-15)14-19-17(21)12-8-3-4-9-13-18/h15-16H,3-14,18H2,1-2H3,(H,19,21). The second-order valence-electron chi connectivity index (χ2n) is 6.69. The fraction of sp³-hybridized carbons (Fsp3) is 0.941. The summed E-state index contributed by atoms with van der Waals surface area (Å²) in [6, 6.07) is 0.492. The van der Waals surface area contributed by atoms with Crippen LogP contribution in [-0.2, 0) is 4.79 Å². The number of rotatable bonds is 10. The van der Waals surface area contributed by atoms with Gasteiger partial charge in [0.15, 0.2) is 0 Å². The van der Waals surface area contributed by atoms with Gasteiger partial charge in [-0.2, -0.15) is 0 Å². The van der Waals surface area contributed by atoms with Crippen molar-refractivity contribution in [1.29, 1.82) is 0 Å². The van der Waals surface area contributed by atoms with Gasteiger partial charge in [0.2, 0.25) is 5.91 Å². The molecule has 1 aliphatic rings. The molecule has 3 N–H and O–H groups in total. The molecule has 21 heavy (non-hydrogen) atoms. The summed E-state index contributed by atoms with van der Waals surface area (Å²) >= 11 is 0. The maximum absolute atomic E-state index is 11.9. The van der Waals surface area contributed by atoms with E-state index in [9.17, 15) is 4.79 Å². The average molecular weight is 297 g/mol. The van der Waals surface area contributed by atoms with Crippen LogP contribution in [0.2, 0.25) is 0 Å². The van der Waals surface area contributed by atoms with Crippen LogP contribution in [-0.4, -0.2) is 44.0 Å². The minimum Gasteiger partial charge on any atom is -0.355 e. The molecule has 0 aromatic carbocycles. The summed E-state index contributed by atoms with van der Waals surface area (Å²) in [5.74, 6) is 0.962. The number of likely N-dealkylation sites (N-methyl/N-ethyl adjacent to an activating group) is 1. The summed E-state index contributed by atoms with van der Waals surface area (Å²) in [6.07, 6.45) is 11.7. The van der Waals surface area contributed by atoms with Crippen molar-refractivity contribution in [2.24, 2.45) is 11.7 Å². The van der Waals surface area contributed by atoms with Crippen LogP contribution in [0, 0.1) is 5.92 Å². The Morgan fingerprint density at radius 1 is 1.14 bits per heavy atom. The maximum atomic E-state index is 11.9. The lowest BCUT2D eigenvalue weighted by Gasteiger charge is -2.35. The van der Waals surface area contributed by atoms with Crippen molar-refractivity contribution >= 4 is 5.91 Å². The molecule has 1 unspecified atom stereocenters. The minimum absolute atomic E-state index is 0.213. The Labute approximate surface area is 130 Å². The molecular formula is C17H35N3O. The van der Waals surface area contributed by atoms with E-state index in [1.807, 2.05) is 0 Å². The summed E-state index contributed by atoms with van der Waals surface area (Å²) in [5, 5.41) is 3.15. The fourth-order valence-corrected chi connectivity index (χ4v) is 3.38. The lowest BCUT2D eigenvalue weighted by Crippen LogP contribution is -2.45. The normalized spacial score (nSPS) is 17.9. The van der Waals surface area contributed by atoms with Crippen molar-refractivity contribution in [3.05, 3.63) is 0 Å². The number of nitrogens with two attached hydrogens (primary N) is 1. The first kappa shape index (κ1) is 18.4. The zero-order valence-corrected chi connectivity index (χ0v) is 14.1. The molecule has 0 aromatic rings. The van der Waals surface area contributed by atoms with E-state index in [2.05, 4.69) is 24.3 Å². The number of nitrogens with one attached hydrogen (secondary N) is 1. The number of nitrogens with zero attached hydrogens (tertiary/aromatic N) is 1. The summed E-state index contributed by atoms with van der Waals surface area (Å²) in [5.41, 5.74) is 5.47. The molecule has 0 aliphatic heterocycles. The Morgan fingerprint density at radius 3 is 2.43 bits per heavy atom. The van der Waals surface area contributed by atoms with Gasteiger partial charge in [0.1, 0.15) is 0 Å². The number of hydrogen-bond acceptors (Lipinski definition) is 3. The van der Waals surface area contributed by atoms with Crippen LogP contribution in [0.15, 0.2) is 0 Å². The molecule has 0 heterocycles. The molecule has 4 nitrogen and oxygen atoms in total. The van der Waals surface area contributed by atoms with Crippen molar-refractivity contribution in [2.45, 2.75) is 70.3 Å². The van der Waals surface area contributed by atoms with Crippen molar-refractivity contribution in [3.63, 3.8) is 0 Å². The summed E-state index contributed by atoms with van der Waals surface area (Å²) < 4.78 is 0. The number of hydrogen-bond donors (Lipinski definition) is 2. The monoisotopic (exact) mass is 297 g/mol. The second-order valence-corrected chi connectivity index (χ2v) is 6.69. The predicted octanol–water partition coefficient (Wildman–Crippen LogP) is 2.52. The molecule has 1 aliphatic carbocycles. The number of unbranched alkanes of at least 4 members (excludes halogenated alkanes) is 3. The van der Waals surface area contributed by atoms with Crippen LogP contribution < -0.4 is 11.1 Å². The van der Waals surface area contributed by atoms with Crippen molar-refractivity contribution in [1.82, 2.24) is 10.2 Å². The molecule has 1 amide bonds. The van der Waals surface area contributed by atoms with Crippen LogP contribution in [0.1, 0.15) is 64.2 Å². The van der Waals surface area contributed by atoms with Crippen molar-refractivity contribution in [2.75, 3.05) is 27.2 Å². The summed E-state index contributed by atoms with van der Waals surface area (Å²) in [6.45, 7) is 1.57. The van der Waals surface area contributed by atoms with E-state index in [-0.39, 0.29) is 5.91 Å². The van der Waals surface area contributed by atoms with Gasteiger partial charge in [0, 0.05) is 19.0 Å². The van der Waals surface area contributed by atoms with Crippen LogP contribution >= 0.6 is 0 Å². The van der Waals surface area contributed by atoms with Crippen LogP contribution in [0.4, 0.5) is 0 Å². The highest BCUT2D eigenvalue weighted by Crippen LogP contribution is 2.28. The van der Waals surface area contributed by atoms with Crippen molar-refractivity contribution < 1.29 is 4.79 Å². The molecule has 0 spiro atoms. The Balaban J connectivity index is 2.21. The van der Waals surface area contributed by atoms with Crippen LogP contribution in [0.5, 0.6) is 0 Å². The zero-order valence-electron chi connectivity index (χ0n) is 14.1. The Morgan fingerprint density at radius 2 is 1.81 bits per heavy atom. The summed E-state index contributed by atoms with van der Waals surface area (Å²) in [7, 11) is 4.27. The molecule has 0 aromatic heterocycles. The molecule has 0 bridgehead atoms. The van der Waals surface area contributed by atoms with E-state index in [1.54, 1.807) is 0 Å². The van der Waals surface area contributed by atoms with Gasteiger partial charge in [0.05, 0.1) is 0 Å². The zero-order chi connectivity index (χ0) is 15.5. The number of carbonyl (C=O) groups excluding carboxylic acids is 1. The molecule has 1 fully saturated rings. The van der Waals surface area contributed by atoms with Gasteiger partial charge in [0.25, 0.3) is 0 Å². The lowest BCUT2D eigenvalue weighted by molar-refractivity contribution is -0.121. The molecule has 0 saturated heterocycles. The van der Waals surface area contributed by atoms with E-state index in [0.717, 1.165) is 44.7 Å². The molecule has 1 atom stereocenters. The quantitative estimate of drug-likeness (QED) is 0.609. The first-order valence-electron chi connectivity index (χ1n) is 8.78. The van der Waals surface area contributed by atoms with E-state index in [1.165, 1.54) is 32.1 Å². The molecule has 0 radical (unpaired) electrons. The van der Waals surface area contributed by atoms with Gasteiger partial charge < -0.3 is 16.0 Å². The largest absolute Gasteiger partial charge is 0.355 e. The maximum Gasteiger partial charge on any atom is 0.220 e. The average Bonchev–Trinajstić information content (AvgIpc) is 2.48. The van der Waals surface area contributed by atoms with Gasteiger partial charge in [-0.3, -0.25) is 4.79 Å². The topological polar surface area (TPSA) is 58.4 Å². The predicted molar refractivity (Wildman–Crippen MR) is 89.2 cm³/mol. The third-order valence-corrected chi connectivity index (χ3v) is 4.72. The minimum atomic E-state index is 0.213. The lowest BCUT2D eigenvalue weighted by atomic mass is 9.83. The Kier molecular flexibility index (Phi) is 9.68. The molecule has 1 rings (SSSR count). The fourth-order valence-electron chi connectivity index (χ4n) is 3.38. The van der Waals surface area contributed by atoms with E-state index < -0.39 is 0 Å². The Bertz CT molecular complexity index is 275. The third kappa shape index (κ3) is 7.82. The van der Waals surface area contributed by atoms with E-state index in [0.29, 0.717) is 12.5 Å². The van der Waals surface area contributed by atoms with E-state index in [4.69, 9.17) is 5.73 Å². The third-order valence-electron chi connectivity index (χ3n) is 4.72. The SMILES string of the molecule is CN(C)C(CNC(=O)CCCCCCN)C1CCCCC1. The van der Waals surface area contributed by atoms with Gasteiger partial charge in [-0.05, 0) is 52.2 Å². The molecular weight excluding hydrogens is 262 g/mol. The highest BCUT2D eigenvalue weighted by atomic mass is 16.1. The highest BCUT2D eigenvalue weighted by Gasteiger charge is 2.25. The van der Waals surface area contributed by atoms with Gasteiger partial charge in [-0.1, -0.05) is 32.1 Å². The molecule has 4 heteroatoms. The second kappa shape index (κ2) is 11.0. The van der Waals surface area contributed by atoms with Gasteiger partial charge in [-0.15, -0.1) is 0 Å². The van der Waals surface area contributed by atoms with Crippen LogP contribution in [0.25, 0.3) is 0 Å². The number of carbonyl (C=O) groups is 1. The number of amides is 1. The first-order chi connectivity index (χ1) is 10.1. The van der Waals surface area contributed by atoms with E-state index >= 15 is 0 Å². The van der Waals surface area contributed by atoms with Gasteiger partial charge >= 0.3 is 0 Å². The Hall–Kier alpha value is -0.610. The van der Waals surface area contributed by atoms with Crippen LogP contribution in [0.3, 0.4) is 0 Å². The molecule has 124 valence electrons. The highest BCUT2D eigenvalue weighted by molar-refractivity contribution is 5.75. The first-order valence-corrected chi connectivity index (χ1v) is 8.78. The van der Waals surface area contributed by atoms with Gasteiger partial charge in [-0.25, -0.2) is 0 Å². The smallest absolute Gasteiger partial charge is 0.220 e. The van der Waals surface area contributed by atoms with Crippen molar-refractivity contribution in [3.8, 4) is 0 Å². The molecule has 1 saturated carbocycles.